The third-order valence-electron chi connectivity index (χ3n) is 8.25. The zero-order chi connectivity index (χ0) is 30.1. The molecular weight excluding hydrogens is 540 g/mol. The van der Waals surface area contributed by atoms with Gasteiger partial charge in [0.15, 0.2) is 5.60 Å². The topological polar surface area (TPSA) is 149 Å². The number of ether oxygens (including phenoxy) is 3. The lowest BCUT2D eigenvalue weighted by Crippen LogP contribution is -2.70. The van der Waals surface area contributed by atoms with Gasteiger partial charge in [0, 0.05) is 32.7 Å². The van der Waals surface area contributed by atoms with E-state index in [-0.39, 0.29) is 45.0 Å². The van der Waals surface area contributed by atoms with Crippen LogP contribution in [0.15, 0.2) is 79.1 Å². The quantitative estimate of drug-likeness (QED) is 0.195. The molecule has 1 spiro atoms. The van der Waals surface area contributed by atoms with Crippen molar-refractivity contribution < 1.29 is 44.8 Å². The summed E-state index contributed by atoms with van der Waals surface area (Å²) in [6.45, 7) is 3.25. The van der Waals surface area contributed by atoms with Gasteiger partial charge >= 0.3 is 0 Å². The second kappa shape index (κ2) is 15.1. The largest absolute Gasteiger partial charge is 0.482 e. The summed E-state index contributed by atoms with van der Waals surface area (Å²) in [6, 6.07) is 16.9. The van der Waals surface area contributed by atoms with Crippen molar-refractivity contribution in [1.29, 1.82) is 0 Å². The molecule has 1 fully saturated rings. The summed E-state index contributed by atoms with van der Waals surface area (Å²) in [6.07, 6.45) is -1.32. The monoisotopic (exact) mass is 584 g/mol. The Morgan fingerprint density at radius 1 is 1.00 bits per heavy atom. The van der Waals surface area contributed by atoms with E-state index in [1.165, 1.54) is 0 Å². The normalized spacial score (nSPS) is 30.2. The van der Waals surface area contributed by atoms with E-state index in [0.717, 1.165) is 11.1 Å². The Bertz CT molecular complexity index is 1140. The highest BCUT2D eigenvalue weighted by molar-refractivity contribution is 5.29. The average molecular weight is 585 g/mol. The van der Waals surface area contributed by atoms with E-state index in [1.54, 1.807) is 18.2 Å². The van der Waals surface area contributed by atoms with Crippen molar-refractivity contribution in [3.05, 3.63) is 90.2 Å². The number of benzene rings is 2. The highest BCUT2D eigenvalue weighted by Gasteiger charge is 2.62. The lowest BCUT2D eigenvalue weighted by Gasteiger charge is -2.52. The maximum atomic E-state index is 11.8. The van der Waals surface area contributed by atoms with Crippen molar-refractivity contribution in [3.63, 3.8) is 0 Å². The molecule has 9 heteroatoms. The molecule has 2 aromatic rings. The zero-order valence-corrected chi connectivity index (χ0v) is 23.9. The molecule has 0 aromatic heterocycles. The Morgan fingerprint density at radius 3 is 2.38 bits per heavy atom. The fraction of sp³-hybridized carbons (Fsp3) is 0.515. The summed E-state index contributed by atoms with van der Waals surface area (Å²) in [5.74, 6) is 0.162. The summed E-state index contributed by atoms with van der Waals surface area (Å²) in [5.41, 5.74) is 0.295. The molecule has 6 N–H and O–H groups in total. The second-order valence-electron chi connectivity index (χ2n) is 11.2. The van der Waals surface area contributed by atoms with Crippen LogP contribution in [0.3, 0.4) is 0 Å². The summed E-state index contributed by atoms with van der Waals surface area (Å²) in [4.78, 5) is 0. The second-order valence-corrected chi connectivity index (χ2v) is 11.2. The van der Waals surface area contributed by atoms with Gasteiger partial charge in [0.1, 0.15) is 24.1 Å². The molecule has 9 nitrogen and oxygen atoms in total. The first kappa shape index (κ1) is 32.2. The van der Waals surface area contributed by atoms with E-state index in [2.05, 4.69) is 6.58 Å². The SMILES string of the molecule is C=CCc1ccc(O[C@H]2O[C@H]([C@@H](O)CCCO)[C@@H](O)[C@H](O)[C@]23C[C@@H](CO)[C@@H](CCO)C=C(Cc2ccccc2)O3)cc1. The molecule has 0 radical (unpaired) electrons. The third kappa shape index (κ3) is 7.41. The molecule has 8 atom stereocenters. The van der Waals surface area contributed by atoms with Gasteiger partial charge in [0.05, 0.1) is 11.9 Å². The van der Waals surface area contributed by atoms with Crippen LogP contribution in [0.1, 0.15) is 36.8 Å². The minimum atomic E-state index is -1.68. The maximum Gasteiger partial charge on any atom is 0.243 e. The van der Waals surface area contributed by atoms with Gasteiger partial charge < -0.3 is 44.8 Å². The molecule has 1 saturated heterocycles. The van der Waals surface area contributed by atoms with Crippen LogP contribution in [0.4, 0.5) is 0 Å². The Labute approximate surface area is 247 Å². The van der Waals surface area contributed by atoms with Crippen molar-refractivity contribution >= 4 is 0 Å². The van der Waals surface area contributed by atoms with Crippen LogP contribution in [0, 0.1) is 11.8 Å². The number of hydrogen-bond donors (Lipinski definition) is 6. The van der Waals surface area contributed by atoms with E-state index in [1.807, 2.05) is 48.5 Å². The van der Waals surface area contributed by atoms with Gasteiger partial charge in [-0.25, -0.2) is 0 Å². The molecule has 4 rings (SSSR count). The molecule has 2 aromatic carbocycles. The van der Waals surface area contributed by atoms with Gasteiger partial charge in [-0.15, -0.1) is 6.58 Å². The minimum absolute atomic E-state index is 0.0415. The van der Waals surface area contributed by atoms with Crippen LogP contribution >= 0.6 is 0 Å². The van der Waals surface area contributed by atoms with E-state index in [9.17, 15) is 30.6 Å². The van der Waals surface area contributed by atoms with Crippen LogP contribution in [-0.4, -0.2) is 86.8 Å². The predicted octanol–water partition coefficient (Wildman–Crippen LogP) is 2.27. The third-order valence-corrected chi connectivity index (χ3v) is 8.25. The molecule has 42 heavy (non-hydrogen) atoms. The van der Waals surface area contributed by atoms with Gasteiger partial charge in [0.25, 0.3) is 0 Å². The van der Waals surface area contributed by atoms with Crippen LogP contribution in [-0.2, 0) is 22.3 Å². The molecule has 0 unspecified atom stereocenters. The van der Waals surface area contributed by atoms with Crippen molar-refractivity contribution in [2.24, 2.45) is 11.8 Å². The van der Waals surface area contributed by atoms with E-state index >= 15 is 0 Å². The summed E-state index contributed by atoms with van der Waals surface area (Å²) >= 11 is 0. The van der Waals surface area contributed by atoms with Gasteiger partial charge in [-0.1, -0.05) is 48.5 Å². The number of allylic oxidation sites excluding steroid dienone is 3. The Balaban J connectivity index is 1.76. The molecule has 230 valence electrons. The Kier molecular flexibility index (Phi) is 11.6. The molecule has 0 amide bonds. The maximum absolute atomic E-state index is 11.8. The Morgan fingerprint density at radius 2 is 1.74 bits per heavy atom. The van der Waals surface area contributed by atoms with Crippen molar-refractivity contribution in [1.82, 2.24) is 0 Å². The number of aliphatic hydroxyl groups excluding tert-OH is 6. The first-order chi connectivity index (χ1) is 20.3. The number of hydrogen-bond acceptors (Lipinski definition) is 9. The molecule has 0 aliphatic carbocycles. The van der Waals surface area contributed by atoms with E-state index in [4.69, 9.17) is 14.2 Å². The van der Waals surface area contributed by atoms with Crippen LogP contribution in [0.5, 0.6) is 5.75 Å². The van der Waals surface area contributed by atoms with Gasteiger partial charge in [-0.2, -0.15) is 0 Å². The lowest BCUT2D eigenvalue weighted by molar-refractivity contribution is -0.336. The molecule has 2 aliphatic rings. The minimum Gasteiger partial charge on any atom is -0.482 e. The average Bonchev–Trinajstić information content (AvgIpc) is 3.15. The van der Waals surface area contributed by atoms with Crippen LogP contribution < -0.4 is 4.74 Å². The summed E-state index contributed by atoms with van der Waals surface area (Å²) in [7, 11) is 0. The summed E-state index contributed by atoms with van der Waals surface area (Å²) < 4.78 is 19.3. The van der Waals surface area contributed by atoms with Crippen LogP contribution in [0.2, 0.25) is 0 Å². The smallest absolute Gasteiger partial charge is 0.243 e. The molecule has 0 bridgehead atoms. The molecular formula is C33H44O9. The molecule has 0 saturated carbocycles. The highest BCUT2D eigenvalue weighted by atomic mass is 16.7. The first-order valence-electron chi connectivity index (χ1n) is 14.7. The van der Waals surface area contributed by atoms with Gasteiger partial charge in [-0.05, 0) is 66.9 Å². The Hall–Kier alpha value is -2.76. The first-order valence-corrected chi connectivity index (χ1v) is 14.7. The van der Waals surface area contributed by atoms with Gasteiger partial charge in [-0.3, -0.25) is 0 Å². The van der Waals surface area contributed by atoms with Crippen molar-refractivity contribution in [2.45, 2.75) is 74.8 Å². The zero-order valence-electron chi connectivity index (χ0n) is 23.9. The fourth-order valence-electron chi connectivity index (χ4n) is 5.99. The van der Waals surface area contributed by atoms with Gasteiger partial charge in [0.2, 0.25) is 6.29 Å². The summed E-state index contributed by atoms with van der Waals surface area (Å²) in [5, 5.41) is 63.6. The number of aliphatic hydroxyl groups is 6. The fourth-order valence-corrected chi connectivity index (χ4v) is 5.99. The standard InChI is InChI=1S/C33H44O9/c1-2-7-22-11-13-26(14-12-22)40-32-33(31(39)29(38)30(41-32)28(37)10-6-16-34)20-25(21-36)24(15-17-35)19-27(42-33)18-23-8-4-3-5-9-23/h2-5,8-9,11-14,19,24-25,28-32,34-39H,1,6-7,10,15-18,20-21H2/t24-,25-,28-,29+,30+,31-,32-,33+/m0/s1. The molecule has 2 heterocycles. The van der Waals surface area contributed by atoms with E-state index < -0.39 is 42.2 Å². The van der Waals surface area contributed by atoms with E-state index in [0.29, 0.717) is 30.8 Å². The van der Waals surface area contributed by atoms with Crippen LogP contribution in [0.25, 0.3) is 0 Å². The molecule has 2 aliphatic heterocycles. The van der Waals surface area contributed by atoms with Crippen molar-refractivity contribution in [2.75, 3.05) is 19.8 Å². The lowest BCUT2D eigenvalue weighted by atomic mass is 9.75. The predicted molar refractivity (Wildman–Crippen MR) is 156 cm³/mol. The van der Waals surface area contributed by atoms with Crippen molar-refractivity contribution in [3.8, 4) is 5.75 Å². The highest BCUT2D eigenvalue weighted by Crippen LogP contribution is 2.46. The number of rotatable bonds is 13.